The topological polar surface area (TPSA) is 40.5 Å². The van der Waals surface area contributed by atoms with Gasteiger partial charge in [0, 0.05) is 0 Å². The van der Waals surface area contributed by atoms with Gasteiger partial charge in [-0.3, -0.25) is 0 Å². The molecule has 2 rings (SSSR count). The molecule has 2 N–H and O–H groups in total. The van der Waals surface area contributed by atoms with Crippen LogP contribution >= 0.6 is 31.9 Å². The Morgan fingerprint density at radius 2 is 1.28 bits per heavy atom. The molecular formula is C14H10Br2O2. The van der Waals surface area contributed by atoms with E-state index >= 15 is 0 Å². The normalized spacial score (nSPS) is 11.0. The van der Waals surface area contributed by atoms with Gasteiger partial charge < -0.3 is 10.2 Å². The lowest BCUT2D eigenvalue weighted by Gasteiger charge is -2.02. The number of phenolic OH excluding ortho intramolecular Hbond substituents is 2. The molecule has 4 heteroatoms. The van der Waals surface area contributed by atoms with E-state index < -0.39 is 0 Å². The Morgan fingerprint density at radius 3 is 1.83 bits per heavy atom. The van der Waals surface area contributed by atoms with E-state index in [-0.39, 0.29) is 11.5 Å². The summed E-state index contributed by atoms with van der Waals surface area (Å²) in [5, 5.41) is 18.8. The van der Waals surface area contributed by atoms with Crippen LogP contribution in [-0.4, -0.2) is 10.2 Å². The third-order valence-corrected chi connectivity index (χ3v) is 3.61. The predicted molar refractivity (Wildman–Crippen MR) is 80.5 cm³/mol. The van der Waals surface area contributed by atoms with Crippen LogP contribution in [0.25, 0.3) is 12.2 Å². The van der Waals surface area contributed by atoms with Crippen molar-refractivity contribution in [1.82, 2.24) is 0 Å². The van der Waals surface area contributed by atoms with Crippen molar-refractivity contribution in [2.45, 2.75) is 0 Å². The van der Waals surface area contributed by atoms with Crippen molar-refractivity contribution in [1.29, 1.82) is 0 Å². The summed E-state index contributed by atoms with van der Waals surface area (Å²) >= 11 is 6.57. The highest BCUT2D eigenvalue weighted by molar-refractivity contribution is 9.11. The quantitative estimate of drug-likeness (QED) is 0.747. The number of rotatable bonds is 2. The maximum Gasteiger partial charge on any atom is 0.143 e. The number of halogens is 2. The van der Waals surface area contributed by atoms with Crippen LogP contribution in [0.5, 0.6) is 11.5 Å². The Morgan fingerprint density at radius 1 is 0.778 bits per heavy atom. The van der Waals surface area contributed by atoms with Crippen molar-refractivity contribution >= 4 is 44.0 Å². The second kappa shape index (κ2) is 5.59. The lowest BCUT2D eigenvalue weighted by molar-refractivity contribution is 0.468. The Kier molecular flexibility index (Phi) is 4.09. The summed E-state index contributed by atoms with van der Waals surface area (Å²) in [7, 11) is 0. The maximum atomic E-state index is 9.60. The summed E-state index contributed by atoms with van der Waals surface area (Å²) in [6.45, 7) is 0. The third-order valence-electron chi connectivity index (χ3n) is 2.40. The van der Waals surface area contributed by atoms with Gasteiger partial charge in [-0.25, -0.2) is 0 Å². The zero-order valence-electron chi connectivity index (χ0n) is 9.27. The molecule has 0 fully saturated rings. The first-order chi connectivity index (χ1) is 8.56. The molecule has 0 heterocycles. The average molecular weight is 370 g/mol. The first-order valence-corrected chi connectivity index (χ1v) is 6.80. The van der Waals surface area contributed by atoms with Gasteiger partial charge in [0.05, 0.1) is 8.95 Å². The highest BCUT2D eigenvalue weighted by Gasteiger charge is 2.03. The molecule has 0 aliphatic heterocycles. The van der Waals surface area contributed by atoms with Crippen molar-refractivity contribution < 1.29 is 10.2 Å². The molecular weight excluding hydrogens is 360 g/mol. The first kappa shape index (κ1) is 13.2. The monoisotopic (exact) mass is 368 g/mol. The first-order valence-electron chi connectivity index (χ1n) is 5.21. The van der Waals surface area contributed by atoms with E-state index in [1.54, 1.807) is 12.1 Å². The molecule has 0 aliphatic carbocycles. The van der Waals surface area contributed by atoms with Gasteiger partial charge in [0.1, 0.15) is 11.5 Å². The molecule has 0 radical (unpaired) electrons. The molecule has 2 aromatic carbocycles. The van der Waals surface area contributed by atoms with Crippen LogP contribution in [0.2, 0.25) is 0 Å². The third kappa shape index (κ3) is 3.15. The minimum atomic E-state index is 0.191. The summed E-state index contributed by atoms with van der Waals surface area (Å²) in [4.78, 5) is 0. The minimum absolute atomic E-state index is 0.191. The fraction of sp³-hybridized carbons (Fsp3) is 0. The summed E-state index contributed by atoms with van der Waals surface area (Å²) in [5.74, 6) is 0.444. The Hall–Kier alpha value is -1.26. The van der Waals surface area contributed by atoms with Crippen LogP contribution in [0.3, 0.4) is 0 Å². The van der Waals surface area contributed by atoms with Crippen LogP contribution in [0.4, 0.5) is 0 Å². The number of benzene rings is 2. The van der Waals surface area contributed by atoms with Gasteiger partial charge >= 0.3 is 0 Å². The fourth-order valence-corrected chi connectivity index (χ4v) is 2.68. The fourth-order valence-electron chi connectivity index (χ4n) is 1.46. The number of hydrogen-bond acceptors (Lipinski definition) is 2. The molecule has 0 saturated heterocycles. The molecule has 18 heavy (non-hydrogen) atoms. The van der Waals surface area contributed by atoms with Gasteiger partial charge in [-0.05, 0) is 67.3 Å². The van der Waals surface area contributed by atoms with E-state index in [1.165, 1.54) is 0 Å². The van der Waals surface area contributed by atoms with Crippen LogP contribution in [0.15, 0.2) is 45.3 Å². The molecule has 2 aromatic rings. The van der Waals surface area contributed by atoms with Crippen molar-refractivity contribution in [2.24, 2.45) is 0 Å². The van der Waals surface area contributed by atoms with Gasteiger partial charge in [-0.2, -0.15) is 0 Å². The van der Waals surface area contributed by atoms with E-state index in [0.717, 1.165) is 11.1 Å². The van der Waals surface area contributed by atoms with Gasteiger partial charge in [-0.15, -0.1) is 0 Å². The lowest BCUT2D eigenvalue weighted by atomic mass is 10.1. The van der Waals surface area contributed by atoms with Crippen LogP contribution < -0.4 is 0 Å². The zero-order valence-corrected chi connectivity index (χ0v) is 12.4. The van der Waals surface area contributed by atoms with Crippen LogP contribution in [0, 0.1) is 0 Å². The molecule has 2 nitrogen and oxygen atoms in total. The van der Waals surface area contributed by atoms with E-state index in [4.69, 9.17) is 0 Å². The van der Waals surface area contributed by atoms with Gasteiger partial charge in [-0.1, -0.05) is 24.3 Å². The number of hydrogen-bond donors (Lipinski definition) is 2. The van der Waals surface area contributed by atoms with E-state index in [9.17, 15) is 10.2 Å². The number of aromatic hydroxyl groups is 2. The molecule has 0 aliphatic rings. The predicted octanol–water partition coefficient (Wildman–Crippen LogP) is 4.79. The minimum Gasteiger partial charge on any atom is -0.508 e. The largest absolute Gasteiger partial charge is 0.508 e. The standard InChI is InChI=1S/C14H10Br2O2/c15-12-7-10(8-13(16)14(12)18)2-1-9-3-5-11(17)6-4-9/h1-8,17-18H/b2-1+. The molecule has 0 amide bonds. The van der Waals surface area contributed by atoms with Crippen LogP contribution in [-0.2, 0) is 0 Å². The molecule has 0 aromatic heterocycles. The maximum absolute atomic E-state index is 9.60. The van der Waals surface area contributed by atoms with Gasteiger partial charge in [0.15, 0.2) is 0 Å². The van der Waals surface area contributed by atoms with Crippen molar-refractivity contribution in [2.75, 3.05) is 0 Å². The molecule has 0 unspecified atom stereocenters. The smallest absolute Gasteiger partial charge is 0.143 e. The second-order valence-corrected chi connectivity index (χ2v) is 5.47. The summed E-state index contributed by atoms with van der Waals surface area (Å²) in [6.07, 6.45) is 3.87. The SMILES string of the molecule is Oc1ccc(/C=C/c2cc(Br)c(O)c(Br)c2)cc1. The highest BCUT2D eigenvalue weighted by Crippen LogP contribution is 2.33. The Bertz CT molecular complexity index is 566. The Balaban J connectivity index is 2.26. The molecule has 0 spiro atoms. The molecule has 92 valence electrons. The second-order valence-electron chi connectivity index (χ2n) is 3.76. The number of phenols is 2. The summed E-state index contributed by atoms with van der Waals surface area (Å²) in [5.41, 5.74) is 1.95. The van der Waals surface area contributed by atoms with Crippen molar-refractivity contribution in [3.63, 3.8) is 0 Å². The van der Waals surface area contributed by atoms with Gasteiger partial charge in [0.2, 0.25) is 0 Å². The average Bonchev–Trinajstić information content (AvgIpc) is 2.35. The van der Waals surface area contributed by atoms with E-state index in [1.807, 2.05) is 36.4 Å². The summed E-state index contributed by atoms with van der Waals surface area (Å²) in [6, 6.07) is 10.6. The molecule has 0 saturated carbocycles. The lowest BCUT2D eigenvalue weighted by Crippen LogP contribution is -1.77. The van der Waals surface area contributed by atoms with Crippen molar-refractivity contribution in [3.8, 4) is 11.5 Å². The van der Waals surface area contributed by atoms with Crippen LogP contribution in [0.1, 0.15) is 11.1 Å². The highest BCUT2D eigenvalue weighted by atomic mass is 79.9. The van der Waals surface area contributed by atoms with Gasteiger partial charge in [0.25, 0.3) is 0 Å². The Labute approximate surface area is 122 Å². The summed E-state index contributed by atoms with van der Waals surface area (Å²) < 4.78 is 1.28. The molecule has 0 atom stereocenters. The van der Waals surface area contributed by atoms with Crippen molar-refractivity contribution in [3.05, 3.63) is 56.5 Å². The molecule has 0 bridgehead atoms. The van der Waals surface area contributed by atoms with E-state index in [2.05, 4.69) is 31.9 Å². The zero-order chi connectivity index (χ0) is 13.1. The van der Waals surface area contributed by atoms with E-state index in [0.29, 0.717) is 8.95 Å².